The number of amides is 1. The Hall–Kier alpha value is -2.10. The monoisotopic (exact) mass is 235 g/mol. The van der Waals surface area contributed by atoms with E-state index in [2.05, 4.69) is 16.5 Å². The molecule has 7 nitrogen and oxygen atoms in total. The summed E-state index contributed by atoms with van der Waals surface area (Å²) in [6.07, 6.45) is 1.34. The van der Waals surface area contributed by atoms with Gasteiger partial charge in [0.05, 0.1) is 6.07 Å². The standard InChI is InChI=1S/C10H13N5O2/c1-7-13-15(9(17)14(7)2)5-8(16)12-10(6-11)3-4-10/h3-5H2,1-2H3,(H,12,16). The lowest BCUT2D eigenvalue weighted by atomic mass is 10.3. The minimum atomic E-state index is -0.704. The number of nitriles is 1. The highest BCUT2D eigenvalue weighted by Gasteiger charge is 2.44. The van der Waals surface area contributed by atoms with Gasteiger partial charge in [-0.3, -0.25) is 9.36 Å². The molecule has 0 aromatic carbocycles. The summed E-state index contributed by atoms with van der Waals surface area (Å²) in [6, 6.07) is 2.06. The van der Waals surface area contributed by atoms with E-state index in [-0.39, 0.29) is 18.1 Å². The number of hydrogen-bond donors (Lipinski definition) is 1. The van der Waals surface area contributed by atoms with Crippen LogP contribution >= 0.6 is 0 Å². The van der Waals surface area contributed by atoms with Crippen LogP contribution < -0.4 is 11.0 Å². The van der Waals surface area contributed by atoms with E-state index in [0.717, 1.165) is 4.68 Å². The Morgan fingerprint density at radius 3 is 2.71 bits per heavy atom. The molecule has 1 N–H and O–H groups in total. The Kier molecular flexibility index (Phi) is 2.50. The molecule has 1 aromatic rings. The number of rotatable bonds is 3. The maximum Gasteiger partial charge on any atom is 0.346 e. The average Bonchev–Trinajstić information content (AvgIpc) is 3.01. The first-order valence-corrected chi connectivity index (χ1v) is 5.30. The summed E-state index contributed by atoms with van der Waals surface area (Å²) in [6.45, 7) is 1.54. The predicted molar refractivity (Wildman–Crippen MR) is 57.9 cm³/mol. The van der Waals surface area contributed by atoms with E-state index in [9.17, 15) is 9.59 Å². The molecule has 1 aromatic heterocycles. The summed E-state index contributed by atoms with van der Waals surface area (Å²) in [5.74, 6) is 0.188. The zero-order chi connectivity index (χ0) is 12.6. The molecule has 17 heavy (non-hydrogen) atoms. The summed E-state index contributed by atoms with van der Waals surface area (Å²) < 4.78 is 2.46. The van der Waals surface area contributed by atoms with Crippen LogP contribution in [-0.4, -0.2) is 25.8 Å². The van der Waals surface area contributed by atoms with Crippen molar-refractivity contribution < 1.29 is 4.79 Å². The summed E-state index contributed by atoms with van der Waals surface area (Å²) in [5, 5.41) is 15.4. The molecule has 1 heterocycles. The first-order valence-electron chi connectivity index (χ1n) is 5.30. The van der Waals surface area contributed by atoms with Gasteiger partial charge < -0.3 is 5.32 Å². The Morgan fingerprint density at radius 1 is 1.65 bits per heavy atom. The van der Waals surface area contributed by atoms with Crippen molar-refractivity contribution in [2.45, 2.75) is 31.8 Å². The van der Waals surface area contributed by atoms with Crippen LogP contribution in [-0.2, 0) is 18.4 Å². The van der Waals surface area contributed by atoms with E-state index in [4.69, 9.17) is 5.26 Å². The lowest BCUT2D eigenvalue weighted by molar-refractivity contribution is -0.122. The van der Waals surface area contributed by atoms with Gasteiger partial charge in [-0.05, 0) is 19.8 Å². The molecule has 1 fully saturated rings. The van der Waals surface area contributed by atoms with E-state index in [1.165, 1.54) is 4.57 Å². The molecule has 90 valence electrons. The van der Waals surface area contributed by atoms with Crippen molar-refractivity contribution in [2.75, 3.05) is 0 Å². The zero-order valence-electron chi connectivity index (χ0n) is 9.73. The molecule has 2 rings (SSSR count). The summed E-state index contributed by atoms with van der Waals surface area (Å²) >= 11 is 0. The average molecular weight is 235 g/mol. The highest BCUT2D eigenvalue weighted by atomic mass is 16.2. The van der Waals surface area contributed by atoms with Crippen LogP contribution in [0.4, 0.5) is 0 Å². The van der Waals surface area contributed by atoms with Crippen LogP contribution in [0.5, 0.6) is 0 Å². The van der Waals surface area contributed by atoms with Gasteiger partial charge >= 0.3 is 5.69 Å². The smallest absolute Gasteiger partial charge is 0.336 e. The Bertz CT molecular complexity index is 558. The van der Waals surface area contributed by atoms with Gasteiger partial charge in [0.1, 0.15) is 17.9 Å². The maximum absolute atomic E-state index is 11.6. The van der Waals surface area contributed by atoms with E-state index in [1.807, 2.05) is 0 Å². The summed E-state index contributed by atoms with van der Waals surface area (Å²) in [7, 11) is 1.59. The SMILES string of the molecule is Cc1nn(CC(=O)NC2(C#N)CC2)c(=O)n1C. The lowest BCUT2D eigenvalue weighted by Gasteiger charge is -2.08. The molecular weight excluding hydrogens is 222 g/mol. The molecule has 1 aliphatic carbocycles. The number of nitrogens with zero attached hydrogens (tertiary/aromatic N) is 4. The molecule has 0 atom stereocenters. The number of nitrogens with one attached hydrogen (secondary N) is 1. The Morgan fingerprint density at radius 2 is 2.29 bits per heavy atom. The van der Waals surface area contributed by atoms with Crippen molar-refractivity contribution in [3.63, 3.8) is 0 Å². The van der Waals surface area contributed by atoms with Crippen LogP contribution in [0.3, 0.4) is 0 Å². The van der Waals surface area contributed by atoms with Gasteiger partial charge in [-0.15, -0.1) is 0 Å². The fourth-order valence-corrected chi connectivity index (χ4v) is 1.53. The third-order valence-electron chi connectivity index (χ3n) is 2.89. The number of hydrogen-bond acceptors (Lipinski definition) is 4. The second-order valence-electron chi connectivity index (χ2n) is 4.29. The third kappa shape index (κ3) is 2.06. The van der Waals surface area contributed by atoms with Gasteiger partial charge in [-0.25, -0.2) is 9.48 Å². The molecule has 0 aliphatic heterocycles. The van der Waals surface area contributed by atoms with Crippen LogP contribution in [0.1, 0.15) is 18.7 Å². The predicted octanol–water partition coefficient (Wildman–Crippen LogP) is -0.937. The van der Waals surface area contributed by atoms with E-state index in [0.29, 0.717) is 18.7 Å². The number of carbonyl (C=O) groups excluding carboxylic acids is 1. The van der Waals surface area contributed by atoms with Crippen LogP contribution in [0.25, 0.3) is 0 Å². The first kappa shape index (κ1) is 11.4. The minimum Gasteiger partial charge on any atom is -0.336 e. The third-order valence-corrected chi connectivity index (χ3v) is 2.89. The lowest BCUT2D eigenvalue weighted by Crippen LogP contribution is -2.40. The number of carbonyl (C=O) groups is 1. The largest absolute Gasteiger partial charge is 0.346 e. The molecule has 1 saturated carbocycles. The van der Waals surface area contributed by atoms with Gasteiger partial charge in [0.15, 0.2) is 0 Å². The number of aromatic nitrogens is 3. The maximum atomic E-state index is 11.6. The van der Waals surface area contributed by atoms with Crippen LogP contribution in [0.2, 0.25) is 0 Å². The Labute approximate surface area is 97.6 Å². The van der Waals surface area contributed by atoms with Crippen molar-refractivity contribution in [1.29, 1.82) is 5.26 Å². The second kappa shape index (κ2) is 3.73. The Balaban J connectivity index is 2.07. The van der Waals surface area contributed by atoms with Crippen LogP contribution in [0.15, 0.2) is 4.79 Å². The summed E-state index contributed by atoms with van der Waals surface area (Å²) in [5.41, 5.74) is -1.04. The van der Waals surface area contributed by atoms with Crippen molar-refractivity contribution >= 4 is 5.91 Å². The van der Waals surface area contributed by atoms with E-state index < -0.39 is 5.54 Å². The molecule has 0 bridgehead atoms. The molecule has 7 heteroatoms. The highest BCUT2D eigenvalue weighted by molar-refractivity contribution is 5.77. The fourth-order valence-electron chi connectivity index (χ4n) is 1.53. The quantitative estimate of drug-likeness (QED) is 0.732. The van der Waals surface area contributed by atoms with Crippen molar-refractivity contribution in [3.05, 3.63) is 16.3 Å². The van der Waals surface area contributed by atoms with E-state index >= 15 is 0 Å². The van der Waals surface area contributed by atoms with Gasteiger partial charge in [0, 0.05) is 7.05 Å². The molecule has 1 amide bonds. The van der Waals surface area contributed by atoms with E-state index in [1.54, 1.807) is 14.0 Å². The second-order valence-corrected chi connectivity index (χ2v) is 4.29. The molecule has 1 aliphatic rings. The number of aryl methyl sites for hydroxylation is 1. The van der Waals surface area contributed by atoms with Gasteiger partial charge in [-0.2, -0.15) is 10.4 Å². The van der Waals surface area contributed by atoms with Gasteiger partial charge in [0.25, 0.3) is 0 Å². The van der Waals surface area contributed by atoms with Crippen molar-refractivity contribution in [3.8, 4) is 6.07 Å². The topological polar surface area (TPSA) is 92.7 Å². The molecular formula is C10H13N5O2. The minimum absolute atomic E-state index is 0.149. The molecule has 0 radical (unpaired) electrons. The zero-order valence-corrected chi connectivity index (χ0v) is 9.73. The highest BCUT2D eigenvalue weighted by Crippen LogP contribution is 2.34. The van der Waals surface area contributed by atoms with Gasteiger partial charge in [0.2, 0.25) is 5.91 Å². The van der Waals surface area contributed by atoms with Crippen LogP contribution in [0, 0.1) is 18.3 Å². The van der Waals surface area contributed by atoms with Gasteiger partial charge in [-0.1, -0.05) is 0 Å². The normalized spacial score (nSPS) is 16.3. The first-order chi connectivity index (χ1) is 7.97. The molecule has 0 unspecified atom stereocenters. The van der Waals surface area contributed by atoms with Crippen molar-refractivity contribution in [1.82, 2.24) is 19.7 Å². The summed E-state index contributed by atoms with van der Waals surface area (Å²) in [4.78, 5) is 23.2. The molecule has 0 saturated heterocycles. The fraction of sp³-hybridized carbons (Fsp3) is 0.600. The van der Waals surface area contributed by atoms with Crippen molar-refractivity contribution in [2.24, 2.45) is 7.05 Å². The molecule has 0 spiro atoms.